The molecule has 0 fully saturated rings. The lowest BCUT2D eigenvalue weighted by atomic mass is 9.89. The fourth-order valence-electron chi connectivity index (χ4n) is 3.36. The fraction of sp³-hybridized carbons (Fsp3) is 0.381. The molecule has 1 atom stereocenters. The average molecular weight is 322 g/mol. The molecule has 0 radical (unpaired) electrons. The molecule has 1 aliphatic rings. The molecule has 3 nitrogen and oxygen atoms in total. The molecule has 3 rings (SSSR count). The molecule has 0 saturated carbocycles. The number of carbonyl (C=O) groups excluding carboxylic acids is 1. The van der Waals surface area contributed by atoms with Gasteiger partial charge in [-0.3, -0.25) is 0 Å². The molecule has 24 heavy (non-hydrogen) atoms. The summed E-state index contributed by atoms with van der Waals surface area (Å²) >= 11 is 0. The van der Waals surface area contributed by atoms with Crippen LogP contribution in [0, 0.1) is 6.92 Å². The third-order valence-electron chi connectivity index (χ3n) is 4.76. The third-order valence-corrected chi connectivity index (χ3v) is 4.76. The van der Waals surface area contributed by atoms with Crippen LogP contribution in [0.4, 0.5) is 4.79 Å². The highest BCUT2D eigenvalue weighted by molar-refractivity contribution is 5.74. The van der Waals surface area contributed by atoms with E-state index < -0.39 is 0 Å². The first-order valence-electron chi connectivity index (χ1n) is 8.83. The van der Waals surface area contributed by atoms with Crippen LogP contribution in [0.2, 0.25) is 0 Å². The molecule has 2 amide bonds. The summed E-state index contributed by atoms with van der Waals surface area (Å²) < 4.78 is 0. The Labute approximate surface area is 144 Å². The van der Waals surface area contributed by atoms with Crippen LogP contribution in [0.1, 0.15) is 53.6 Å². The number of carbonyl (C=O) groups is 1. The zero-order valence-corrected chi connectivity index (χ0v) is 14.6. The summed E-state index contributed by atoms with van der Waals surface area (Å²) in [5, 5.41) is 5.98. The first-order chi connectivity index (χ1) is 11.6. The Bertz CT molecular complexity index is 724. The van der Waals surface area contributed by atoms with E-state index in [1.54, 1.807) is 0 Å². The molecule has 2 N–H and O–H groups in total. The summed E-state index contributed by atoms with van der Waals surface area (Å²) in [4.78, 5) is 12.2. The average Bonchev–Trinajstić information content (AvgIpc) is 2.59. The molecule has 1 aliphatic carbocycles. The first kappa shape index (κ1) is 16.6. The van der Waals surface area contributed by atoms with E-state index in [2.05, 4.69) is 47.9 Å². The molecular formula is C21H26N2O. The predicted octanol–water partition coefficient (Wildman–Crippen LogP) is 4.43. The van der Waals surface area contributed by atoms with Crippen molar-refractivity contribution in [3.8, 4) is 0 Å². The Hall–Kier alpha value is -2.29. The predicted molar refractivity (Wildman–Crippen MR) is 98.0 cm³/mol. The number of urea groups is 1. The maximum atomic E-state index is 12.2. The van der Waals surface area contributed by atoms with Crippen LogP contribution in [0.15, 0.2) is 42.5 Å². The monoisotopic (exact) mass is 322 g/mol. The number of benzene rings is 2. The van der Waals surface area contributed by atoms with Crippen molar-refractivity contribution in [3.05, 3.63) is 70.3 Å². The lowest BCUT2D eigenvalue weighted by molar-refractivity contribution is 0.237. The highest BCUT2D eigenvalue weighted by Gasteiger charge is 2.14. The fourth-order valence-corrected chi connectivity index (χ4v) is 3.36. The second-order valence-corrected chi connectivity index (χ2v) is 6.77. The number of hydrogen-bond donors (Lipinski definition) is 2. The number of rotatable bonds is 4. The Morgan fingerprint density at radius 3 is 2.67 bits per heavy atom. The smallest absolute Gasteiger partial charge is 0.315 e. The van der Waals surface area contributed by atoms with Crippen LogP contribution in [0.5, 0.6) is 0 Å². The van der Waals surface area contributed by atoms with Gasteiger partial charge in [-0.05, 0) is 61.8 Å². The molecule has 0 saturated heterocycles. The summed E-state index contributed by atoms with van der Waals surface area (Å²) in [6.45, 7) is 4.64. The van der Waals surface area contributed by atoms with Crippen molar-refractivity contribution in [3.63, 3.8) is 0 Å². The van der Waals surface area contributed by atoms with Crippen molar-refractivity contribution in [1.82, 2.24) is 10.6 Å². The second kappa shape index (κ2) is 7.52. The quantitative estimate of drug-likeness (QED) is 0.859. The van der Waals surface area contributed by atoms with Crippen molar-refractivity contribution < 1.29 is 4.79 Å². The highest BCUT2D eigenvalue weighted by Crippen LogP contribution is 2.24. The van der Waals surface area contributed by atoms with E-state index in [0.717, 1.165) is 12.0 Å². The molecule has 0 heterocycles. The number of hydrogen-bond acceptors (Lipinski definition) is 1. The first-order valence-corrected chi connectivity index (χ1v) is 8.83. The minimum Gasteiger partial charge on any atom is -0.334 e. The van der Waals surface area contributed by atoms with E-state index in [4.69, 9.17) is 0 Å². The molecule has 0 aromatic heterocycles. The number of aryl methyl sites for hydroxylation is 3. The van der Waals surface area contributed by atoms with E-state index >= 15 is 0 Å². The van der Waals surface area contributed by atoms with Crippen LogP contribution < -0.4 is 10.6 Å². The van der Waals surface area contributed by atoms with Crippen LogP contribution >= 0.6 is 0 Å². The molecule has 0 spiro atoms. The lowest BCUT2D eigenvalue weighted by Crippen LogP contribution is -2.36. The van der Waals surface area contributed by atoms with Gasteiger partial charge < -0.3 is 10.6 Å². The Kier molecular flexibility index (Phi) is 5.19. The van der Waals surface area contributed by atoms with Gasteiger partial charge in [-0.2, -0.15) is 0 Å². The van der Waals surface area contributed by atoms with E-state index in [-0.39, 0.29) is 12.1 Å². The van der Waals surface area contributed by atoms with Gasteiger partial charge in [0.25, 0.3) is 0 Å². The SMILES string of the molecule is Cc1cccc(CNC(=O)NC(C)c2ccc3c(c2)CCCC3)c1. The number of fused-ring (bicyclic) bond motifs is 1. The molecule has 0 bridgehead atoms. The van der Waals surface area contributed by atoms with Gasteiger partial charge in [0.05, 0.1) is 6.04 Å². The van der Waals surface area contributed by atoms with Crippen molar-refractivity contribution in [2.45, 2.75) is 52.1 Å². The molecule has 126 valence electrons. The van der Waals surface area contributed by atoms with Gasteiger partial charge in [0, 0.05) is 6.54 Å². The Morgan fingerprint density at radius 2 is 1.88 bits per heavy atom. The second-order valence-electron chi connectivity index (χ2n) is 6.77. The van der Waals surface area contributed by atoms with Crippen molar-refractivity contribution in [2.75, 3.05) is 0 Å². The van der Waals surface area contributed by atoms with Crippen molar-refractivity contribution in [2.24, 2.45) is 0 Å². The highest BCUT2D eigenvalue weighted by atomic mass is 16.2. The van der Waals surface area contributed by atoms with Crippen LogP contribution in [0.25, 0.3) is 0 Å². The zero-order chi connectivity index (χ0) is 16.9. The largest absolute Gasteiger partial charge is 0.334 e. The van der Waals surface area contributed by atoms with E-state index in [9.17, 15) is 4.79 Å². The minimum atomic E-state index is -0.123. The van der Waals surface area contributed by atoms with Crippen molar-refractivity contribution in [1.29, 1.82) is 0 Å². The third kappa shape index (κ3) is 4.16. The van der Waals surface area contributed by atoms with Gasteiger partial charge in [-0.1, -0.05) is 48.0 Å². The molecule has 1 unspecified atom stereocenters. The molecule has 3 heteroatoms. The van der Waals surface area contributed by atoms with E-state index in [1.165, 1.54) is 41.5 Å². The topological polar surface area (TPSA) is 41.1 Å². The lowest BCUT2D eigenvalue weighted by Gasteiger charge is -2.20. The Morgan fingerprint density at radius 1 is 1.08 bits per heavy atom. The maximum Gasteiger partial charge on any atom is 0.315 e. The number of nitrogens with one attached hydrogen (secondary N) is 2. The van der Waals surface area contributed by atoms with Gasteiger partial charge >= 0.3 is 6.03 Å². The normalized spacial score (nSPS) is 14.6. The summed E-state index contributed by atoms with van der Waals surface area (Å²) in [6, 6.07) is 14.7. The summed E-state index contributed by atoms with van der Waals surface area (Å²) in [5.74, 6) is 0. The molecular weight excluding hydrogens is 296 g/mol. The van der Waals surface area contributed by atoms with Crippen LogP contribution in [-0.4, -0.2) is 6.03 Å². The van der Waals surface area contributed by atoms with Gasteiger partial charge in [-0.15, -0.1) is 0 Å². The number of amides is 2. The molecule has 0 aliphatic heterocycles. The van der Waals surface area contributed by atoms with E-state index in [0.29, 0.717) is 6.54 Å². The minimum absolute atomic E-state index is 0.00901. The van der Waals surface area contributed by atoms with Gasteiger partial charge in [0.1, 0.15) is 0 Å². The van der Waals surface area contributed by atoms with Crippen LogP contribution in [0.3, 0.4) is 0 Å². The van der Waals surface area contributed by atoms with Gasteiger partial charge in [0.15, 0.2) is 0 Å². The standard InChI is InChI=1S/C21H26N2O/c1-15-6-5-7-17(12-15)14-22-21(24)23-16(2)19-11-10-18-8-3-4-9-20(18)13-19/h5-7,10-13,16H,3-4,8-9,14H2,1-2H3,(H2,22,23,24). The Balaban J connectivity index is 1.56. The summed E-state index contributed by atoms with van der Waals surface area (Å²) in [7, 11) is 0. The van der Waals surface area contributed by atoms with Gasteiger partial charge in [0.2, 0.25) is 0 Å². The summed E-state index contributed by atoms with van der Waals surface area (Å²) in [6.07, 6.45) is 4.92. The van der Waals surface area contributed by atoms with E-state index in [1.807, 2.05) is 19.1 Å². The van der Waals surface area contributed by atoms with Crippen LogP contribution in [-0.2, 0) is 19.4 Å². The van der Waals surface area contributed by atoms with Crippen molar-refractivity contribution >= 4 is 6.03 Å². The zero-order valence-electron chi connectivity index (χ0n) is 14.6. The van der Waals surface area contributed by atoms with Gasteiger partial charge in [-0.25, -0.2) is 4.79 Å². The molecule has 2 aromatic rings. The maximum absolute atomic E-state index is 12.2. The molecule has 2 aromatic carbocycles. The summed E-state index contributed by atoms with van der Waals surface area (Å²) in [5.41, 5.74) is 6.43.